The number of benzene rings is 1. The normalized spacial score (nSPS) is 12.4. The second-order valence-corrected chi connectivity index (χ2v) is 4.72. The minimum atomic E-state index is 0.181. The maximum Gasteiger partial charge on any atom is 0.151 e. The SMILES string of the molecule is CC[C@H](C)c1ccc(CSC(=N)N)cc1. The molecule has 0 heterocycles. The van der Waals surface area contributed by atoms with Crippen LogP contribution in [0, 0.1) is 5.41 Å². The van der Waals surface area contributed by atoms with Crippen molar-refractivity contribution >= 4 is 16.9 Å². The summed E-state index contributed by atoms with van der Waals surface area (Å²) >= 11 is 1.37. The third-order valence-corrected chi connectivity index (χ3v) is 3.34. The van der Waals surface area contributed by atoms with Crippen LogP contribution in [0.25, 0.3) is 0 Å². The average molecular weight is 222 g/mol. The van der Waals surface area contributed by atoms with Crippen LogP contribution in [0.2, 0.25) is 0 Å². The Morgan fingerprint density at radius 1 is 1.40 bits per heavy atom. The molecule has 3 heteroatoms. The summed E-state index contributed by atoms with van der Waals surface area (Å²) in [4.78, 5) is 0. The van der Waals surface area contributed by atoms with Crippen LogP contribution in [-0.2, 0) is 5.75 Å². The van der Waals surface area contributed by atoms with E-state index in [0.717, 1.165) is 5.75 Å². The Morgan fingerprint density at radius 2 is 2.00 bits per heavy atom. The maximum atomic E-state index is 7.12. The highest BCUT2D eigenvalue weighted by Crippen LogP contribution is 2.20. The van der Waals surface area contributed by atoms with Crippen LogP contribution in [0.3, 0.4) is 0 Å². The predicted molar refractivity (Wildman–Crippen MR) is 68.4 cm³/mol. The molecule has 0 aliphatic heterocycles. The molecule has 1 aromatic carbocycles. The van der Waals surface area contributed by atoms with Gasteiger partial charge in [0.2, 0.25) is 0 Å². The molecule has 15 heavy (non-hydrogen) atoms. The Kier molecular flexibility index (Phi) is 4.69. The zero-order valence-corrected chi connectivity index (χ0v) is 10.1. The fraction of sp³-hybridized carbons (Fsp3) is 0.417. The fourth-order valence-electron chi connectivity index (χ4n) is 1.34. The summed E-state index contributed by atoms with van der Waals surface area (Å²) in [6, 6.07) is 8.59. The van der Waals surface area contributed by atoms with Gasteiger partial charge in [0, 0.05) is 5.75 Å². The number of hydrogen-bond acceptors (Lipinski definition) is 2. The Hall–Kier alpha value is -0.960. The van der Waals surface area contributed by atoms with Gasteiger partial charge in [0.1, 0.15) is 0 Å². The molecule has 0 saturated heterocycles. The van der Waals surface area contributed by atoms with Gasteiger partial charge in [0.05, 0.1) is 0 Å². The van der Waals surface area contributed by atoms with Gasteiger partial charge < -0.3 is 5.73 Å². The van der Waals surface area contributed by atoms with Crippen molar-refractivity contribution in [2.75, 3.05) is 0 Å². The summed E-state index contributed by atoms with van der Waals surface area (Å²) in [5.41, 5.74) is 7.89. The third kappa shape index (κ3) is 3.96. The maximum absolute atomic E-state index is 7.12. The molecule has 1 rings (SSSR count). The standard InChI is InChI=1S/C12H18N2S/c1-3-9(2)11-6-4-10(5-7-11)8-15-12(13)14/h4-7,9H,3,8H2,1-2H3,(H3,13,14)/t9-/m0/s1. The summed E-state index contributed by atoms with van der Waals surface area (Å²) in [6.45, 7) is 4.43. The molecule has 3 N–H and O–H groups in total. The Balaban J connectivity index is 2.60. The summed E-state index contributed by atoms with van der Waals surface area (Å²) in [5.74, 6) is 1.41. The van der Waals surface area contributed by atoms with Crippen LogP contribution >= 0.6 is 11.8 Å². The fourth-order valence-corrected chi connectivity index (χ4v) is 1.85. The number of rotatable bonds is 4. The molecule has 0 bridgehead atoms. The minimum Gasteiger partial charge on any atom is -0.379 e. The van der Waals surface area contributed by atoms with Crippen LogP contribution in [-0.4, -0.2) is 5.17 Å². The van der Waals surface area contributed by atoms with Crippen LogP contribution in [0.5, 0.6) is 0 Å². The number of nitrogens with one attached hydrogen (secondary N) is 1. The molecule has 0 saturated carbocycles. The molecule has 1 atom stereocenters. The molecule has 0 aliphatic carbocycles. The largest absolute Gasteiger partial charge is 0.379 e. The smallest absolute Gasteiger partial charge is 0.151 e. The molecular weight excluding hydrogens is 204 g/mol. The van der Waals surface area contributed by atoms with E-state index in [1.54, 1.807) is 0 Å². The highest BCUT2D eigenvalue weighted by molar-refractivity contribution is 8.13. The van der Waals surface area contributed by atoms with Gasteiger partial charge in [0.25, 0.3) is 0 Å². The van der Waals surface area contributed by atoms with Crippen molar-refractivity contribution in [3.63, 3.8) is 0 Å². The van der Waals surface area contributed by atoms with E-state index in [2.05, 4.69) is 38.1 Å². The summed E-state index contributed by atoms with van der Waals surface area (Å²) in [6.07, 6.45) is 1.17. The first kappa shape index (κ1) is 12.1. The second kappa shape index (κ2) is 5.81. The average Bonchev–Trinajstić information content (AvgIpc) is 2.26. The van der Waals surface area contributed by atoms with E-state index in [-0.39, 0.29) is 5.17 Å². The van der Waals surface area contributed by atoms with Crippen LogP contribution < -0.4 is 5.73 Å². The van der Waals surface area contributed by atoms with E-state index in [0.29, 0.717) is 5.92 Å². The highest BCUT2D eigenvalue weighted by atomic mass is 32.2. The molecular formula is C12H18N2S. The van der Waals surface area contributed by atoms with Crippen molar-refractivity contribution in [1.82, 2.24) is 0 Å². The van der Waals surface area contributed by atoms with Gasteiger partial charge in [0.15, 0.2) is 5.17 Å². The Bertz CT molecular complexity index is 319. The van der Waals surface area contributed by atoms with Gasteiger partial charge in [-0.25, -0.2) is 0 Å². The monoisotopic (exact) mass is 222 g/mol. The first-order valence-electron chi connectivity index (χ1n) is 5.19. The van der Waals surface area contributed by atoms with Crippen LogP contribution in [0.4, 0.5) is 0 Å². The molecule has 2 nitrogen and oxygen atoms in total. The van der Waals surface area contributed by atoms with Crippen molar-refractivity contribution < 1.29 is 0 Å². The molecule has 0 fully saturated rings. The molecule has 0 spiro atoms. The quantitative estimate of drug-likeness (QED) is 0.606. The zero-order chi connectivity index (χ0) is 11.3. The van der Waals surface area contributed by atoms with E-state index in [4.69, 9.17) is 11.1 Å². The Morgan fingerprint density at radius 3 is 2.47 bits per heavy atom. The molecule has 1 aromatic rings. The minimum absolute atomic E-state index is 0.181. The molecule has 0 aromatic heterocycles. The van der Waals surface area contributed by atoms with Gasteiger partial charge in [-0.1, -0.05) is 49.9 Å². The van der Waals surface area contributed by atoms with Crippen molar-refractivity contribution in [3.8, 4) is 0 Å². The lowest BCUT2D eigenvalue weighted by molar-refractivity contribution is 0.733. The number of amidine groups is 1. The van der Waals surface area contributed by atoms with Crippen LogP contribution in [0.1, 0.15) is 37.3 Å². The van der Waals surface area contributed by atoms with Crippen molar-refractivity contribution in [3.05, 3.63) is 35.4 Å². The molecule has 0 amide bonds. The summed E-state index contributed by atoms with van der Waals surface area (Å²) < 4.78 is 0. The van der Waals surface area contributed by atoms with E-state index in [9.17, 15) is 0 Å². The van der Waals surface area contributed by atoms with E-state index in [1.165, 1.54) is 29.3 Å². The lowest BCUT2D eigenvalue weighted by atomic mass is 9.98. The van der Waals surface area contributed by atoms with Crippen molar-refractivity contribution in [1.29, 1.82) is 5.41 Å². The van der Waals surface area contributed by atoms with E-state index >= 15 is 0 Å². The van der Waals surface area contributed by atoms with Crippen molar-refractivity contribution in [2.24, 2.45) is 5.73 Å². The van der Waals surface area contributed by atoms with Crippen molar-refractivity contribution in [2.45, 2.75) is 31.9 Å². The number of nitrogens with two attached hydrogens (primary N) is 1. The lowest BCUT2D eigenvalue weighted by Crippen LogP contribution is -2.03. The van der Waals surface area contributed by atoms with Gasteiger partial charge in [-0.3, -0.25) is 5.41 Å². The summed E-state index contributed by atoms with van der Waals surface area (Å²) in [5, 5.41) is 7.31. The highest BCUT2D eigenvalue weighted by Gasteiger charge is 2.02. The first-order valence-corrected chi connectivity index (χ1v) is 6.17. The third-order valence-electron chi connectivity index (χ3n) is 2.56. The number of thioether (sulfide) groups is 1. The van der Waals surface area contributed by atoms with Gasteiger partial charge in [-0.2, -0.15) is 0 Å². The molecule has 82 valence electrons. The molecule has 0 radical (unpaired) electrons. The van der Waals surface area contributed by atoms with Gasteiger partial charge >= 0.3 is 0 Å². The molecule has 0 unspecified atom stereocenters. The predicted octanol–water partition coefficient (Wildman–Crippen LogP) is 3.33. The Labute approximate surface area is 95.8 Å². The number of hydrogen-bond donors (Lipinski definition) is 2. The zero-order valence-electron chi connectivity index (χ0n) is 9.29. The van der Waals surface area contributed by atoms with Gasteiger partial charge in [-0.05, 0) is 23.5 Å². The lowest BCUT2D eigenvalue weighted by Gasteiger charge is -2.09. The molecule has 0 aliphatic rings. The second-order valence-electron chi connectivity index (χ2n) is 3.70. The van der Waals surface area contributed by atoms with Crippen LogP contribution in [0.15, 0.2) is 24.3 Å². The topological polar surface area (TPSA) is 49.9 Å². The van der Waals surface area contributed by atoms with E-state index in [1.807, 2.05) is 0 Å². The van der Waals surface area contributed by atoms with Gasteiger partial charge in [-0.15, -0.1) is 0 Å². The first-order chi connectivity index (χ1) is 7.13. The van der Waals surface area contributed by atoms with E-state index < -0.39 is 0 Å². The summed E-state index contributed by atoms with van der Waals surface area (Å²) in [7, 11) is 0.